The Bertz CT molecular complexity index is 447. The number of nitrogens with one attached hydrogen (secondary N) is 1. The quantitative estimate of drug-likeness (QED) is 0.765. The Morgan fingerprint density at radius 2 is 2.05 bits per heavy atom. The van der Waals surface area contributed by atoms with Gasteiger partial charge in [0.25, 0.3) is 0 Å². The number of rotatable bonds is 7. The molecule has 0 aliphatic heterocycles. The van der Waals surface area contributed by atoms with E-state index in [0.29, 0.717) is 11.5 Å². The van der Waals surface area contributed by atoms with Crippen molar-refractivity contribution in [1.29, 1.82) is 0 Å². The molecule has 19 heavy (non-hydrogen) atoms. The number of methoxy groups -OCH3 is 1. The fourth-order valence-electron chi connectivity index (χ4n) is 1.53. The summed E-state index contributed by atoms with van der Waals surface area (Å²) in [4.78, 5) is 0. The molecule has 104 valence electrons. The fraction of sp³-hybridized carbons (Fsp3) is 0.500. The van der Waals surface area contributed by atoms with Crippen molar-refractivity contribution in [3.8, 4) is 23.8 Å². The van der Waals surface area contributed by atoms with E-state index in [1.807, 2.05) is 18.2 Å². The largest absolute Gasteiger partial charge is 0.493 e. The van der Waals surface area contributed by atoms with Crippen LogP contribution in [0.5, 0.6) is 11.5 Å². The molecule has 0 bridgehead atoms. The molecule has 0 atom stereocenters. The first kappa shape index (κ1) is 15.4. The zero-order chi connectivity index (χ0) is 14.3. The summed E-state index contributed by atoms with van der Waals surface area (Å²) in [5.74, 6) is 3.84. The zero-order valence-corrected chi connectivity index (χ0v) is 12.2. The van der Waals surface area contributed by atoms with Gasteiger partial charge in [-0.3, -0.25) is 0 Å². The topological polar surface area (TPSA) is 30.5 Å². The molecule has 1 aromatic rings. The Labute approximate surface area is 116 Å². The van der Waals surface area contributed by atoms with Crippen molar-refractivity contribution >= 4 is 0 Å². The fourth-order valence-corrected chi connectivity index (χ4v) is 1.53. The van der Waals surface area contributed by atoms with Gasteiger partial charge in [0, 0.05) is 12.1 Å². The average Bonchev–Trinajstić information content (AvgIpc) is 2.43. The lowest BCUT2D eigenvalue weighted by atomic mass is 10.0. The molecule has 0 radical (unpaired) electrons. The molecular weight excluding hydrogens is 238 g/mol. The molecule has 0 aliphatic rings. The van der Waals surface area contributed by atoms with Crippen LogP contribution >= 0.6 is 0 Å². The molecule has 1 rings (SSSR count). The van der Waals surface area contributed by atoms with Crippen molar-refractivity contribution < 1.29 is 9.47 Å². The summed E-state index contributed by atoms with van der Waals surface area (Å²) >= 11 is 0. The lowest BCUT2D eigenvalue weighted by Gasteiger charge is -2.24. The van der Waals surface area contributed by atoms with Crippen molar-refractivity contribution in [2.75, 3.05) is 13.7 Å². The van der Waals surface area contributed by atoms with Crippen LogP contribution in [0.3, 0.4) is 0 Å². The molecule has 0 fully saturated rings. The van der Waals surface area contributed by atoms with E-state index in [0.717, 1.165) is 18.5 Å². The van der Waals surface area contributed by atoms with Crippen LogP contribution in [0.2, 0.25) is 0 Å². The maximum Gasteiger partial charge on any atom is 0.162 e. The van der Waals surface area contributed by atoms with Gasteiger partial charge in [-0.25, -0.2) is 0 Å². The van der Waals surface area contributed by atoms with Gasteiger partial charge < -0.3 is 14.8 Å². The predicted molar refractivity (Wildman–Crippen MR) is 78.5 cm³/mol. The average molecular weight is 261 g/mol. The van der Waals surface area contributed by atoms with Crippen LogP contribution < -0.4 is 14.8 Å². The maximum absolute atomic E-state index is 5.42. The summed E-state index contributed by atoms with van der Waals surface area (Å²) in [6, 6.07) is 5.89. The molecule has 3 nitrogen and oxygen atoms in total. The molecule has 0 aliphatic carbocycles. The number of benzene rings is 1. The third-order valence-electron chi connectivity index (χ3n) is 3.19. The van der Waals surface area contributed by atoms with Crippen molar-refractivity contribution in [3.05, 3.63) is 23.8 Å². The van der Waals surface area contributed by atoms with Crippen molar-refractivity contribution in [3.63, 3.8) is 0 Å². The van der Waals surface area contributed by atoms with Gasteiger partial charge in [0.2, 0.25) is 0 Å². The third-order valence-corrected chi connectivity index (χ3v) is 3.19. The standard InChI is InChI=1S/C16H23NO2/c1-6-10-19-14-9-8-13(11-15(14)18-5)12-17-16(3,4)7-2/h1,8-9,11,17H,7,10,12H2,2-5H3. The van der Waals surface area contributed by atoms with Crippen LogP contribution in [0, 0.1) is 12.3 Å². The molecular formula is C16H23NO2. The van der Waals surface area contributed by atoms with Crippen LogP contribution in [0.4, 0.5) is 0 Å². The summed E-state index contributed by atoms with van der Waals surface area (Å²) in [6.45, 7) is 7.59. The highest BCUT2D eigenvalue weighted by Crippen LogP contribution is 2.28. The molecule has 0 saturated carbocycles. The lowest BCUT2D eigenvalue weighted by molar-refractivity contribution is 0.330. The minimum Gasteiger partial charge on any atom is -0.493 e. The Morgan fingerprint density at radius 1 is 1.32 bits per heavy atom. The second kappa shape index (κ2) is 7.06. The second-order valence-corrected chi connectivity index (χ2v) is 5.07. The maximum atomic E-state index is 5.42. The monoisotopic (exact) mass is 261 g/mol. The molecule has 1 aromatic carbocycles. The molecule has 1 N–H and O–H groups in total. The predicted octanol–water partition coefficient (Wildman–Crippen LogP) is 2.99. The molecule has 0 amide bonds. The Hall–Kier alpha value is -1.66. The van der Waals surface area contributed by atoms with Crippen molar-refractivity contribution in [2.24, 2.45) is 0 Å². The van der Waals surface area contributed by atoms with Gasteiger partial charge >= 0.3 is 0 Å². The van der Waals surface area contributed by atoms with Crippen LogP contribution in [-0.4, -0.2) is 19.3 Å². The van der Waals surface area contributed by atoms with Gasteiger partial charge in [0.05, 0.1) is 7.11 Å². The van der Waals surface area contributed by atoms with Crippen molar-refractivity contribution in [2.45, 2.75) is 39.3 Å². The van der Waals surface area contributed by atoms with Crippen molar-refractivity contribution in [1.82, 2.24) is 5.32 Å². The van der Waals surface area contributed by atoms with Gasteiger partial charge in [-0.1, -0.05) is 18.9 Å². The summed E-state index contributed by atoms with van der Waals surface area (Å²) in [7, 11) is 1.63. The first-order chi connectivity index (χ1) is 9.02. The van der Waals surface area contributed by atoms with E-state index in [-0.39, 0.29) is 12.1 Å². The number of hydrogen-bond donors (Lipinski definition) is 1. The van der Waals surface area contributed by atoms with Crippen LogP contribution in [-0.2, 0) is 6.54 Å². The number of hydrogen-bond acceptors (Lipinski definition) is 3. The summed E-state index contributed by atoms with van der Waals surface area (Å²) < 4.78 is 10.7. The van der Waals surface area contributed by atoms with E-state index >= 15 is 0 Å². The van der Waals surface area contributed by atoms with Gasteiger partial charge in [-0.05, 0) is 38.0 Å². The summed E-state index contributed by atoms with van der Waals surface area (Å²) in [5, 5.41) is 3.51. The van der Waals surface area contributed by atoms with Gasteiger partial charge in [-0.2, -0.15) is 0 Å². The van der Waals surface area contributed by atoms with E-state index in [1.165, 1.54) is 0 Å². The van der Waals surface area contributed by atoms with E-state index in [4.69, 9.17) is 15.9 Å². The molecule has 3 heteroatoms. The number of terminal acetylenes is 1. The highest BCUT2D eigenvalue weighted by molar-refractivity contribution is 5.43. The third kappa shape index (κ3) is 4.84. The Balaban J connectivity index is 2.74. The minimum absolute atomic E-state index is 0.131. The molecule has 0 saturated heterocycles. The van der Waals surface area contributed by atoms with Crippen LogP contribution in [0.25, 0.3) is 0 Å². The molecule has 0 unspecified atom stereocenters. The molecule has 0 aromatic heterocycles. The minimum atomic E-state index is 0.131. The Kier molecular flexibility index (Phi) is 5.72. The van der Waals surface area contributed by atoms with Crippen LogP contribution in [0.15, 0.2) is 18.2 Å². The van der Waals surface area contributed by atoms with E-state index in [1.54, 1.807) is 7.11 Å². The first-order valence-electron chi connectivity index (χ1n) is 6.50. The zero-order valence-electron chi connectivity index (χ0n) is 12.2. The van der Waals surface area contributed by atoms with Gasteiger partial charge in [0.15, 0.2) is 11.5 Å². The highest BCUT2D eigenvalue weighted by Gasteiger charge is 2.14. The Morgan fingerprint density at radius 3 is 2.63 bits per heavy atom. The smallest absolute Gasteiger partial charge is 0.162 e. The normalized spacial score (nSPS) is 10.9. The van der Waals surface area contributed by atoms with Crippen LogP contribution in [0.1, 0.15) is 32.8 Å². The lowest BCUT2D eigenvalue weighted by Crippen LogP contribution is -2.37. The first-order valence-corrected chi connectivity index (χ1v) is 6.50. The molecule has 0 heterocycles. The van der Waals surface area contributed by atoms with Gasteiger partial charge in [-0.15, -0.1) is 6.42 Å². The summed E-state index contributed by atoms with van der Waals surface area (Å²) in [6.07, 6.45) is 6.26. The second-order valence-electron chi connectivity index (χ2n) is 5.07. The summed E-state index contributed by atoms with van der Waals surface area (Å²) in [5.41, 5.74) is 1.29. The van der Waals surface area contributed by atoms with Gasteiger partial charge in [0.1, 0.15) is 6.61 Å². The SMILES string of the molecule is C#CCOc1ccc(CNC(C)(C)CC)cc1OC. The highest BCUT2D eigenvalue weighted by atomic mass is 16.5. The van der Waals surface area contributed by atoms with E-state index in [9.17, 15) is 0 Å². The van der Waals surface area contributed by atoms with E-state index < -0.39 is 0 Å². The molecule has 0 spiro atoms. The van der Waals surface area contributed by atoms with E-state index in [2.05, 4.69) is 32.0 Å². The number of ether oxygens (including phenoxy) is 2.